The molecule has 0 bridgehead atoms. The fourth-order valence-electron chi connectivity index (χ4n) is 8.88. The van der Waals surface area contributed by atoms with Gasteiger partial charge in [-0.3, -0.25) is 0 Å². The zero-order chi connectivity index (χ0) is 38.2. The molecule has 6 nitrogen and oxygen atoms in total. The van der Waals surface area contributed by atoms with E-state index >= 15 is 0 Å². The minimum absolute atomic E-state index is 0.526. The van der Waals surface area contributed by atoms with Crippen LogP contribution in [0, 0.1) is 34.0 Å². The van der Waals surface area contributed by atoms with E-state index in [1.165, 1.54) is 10.8 Å². The van der Waals surface area contributed by atoms with Gasteiger partial charge in [-0.15, -0.1) is 0 Å². The minimum Gasteiger partial charge on any atom is -0.309 e. The fraction of sp³-hybridized carbons (Fsp3) is 0. The Hall–Kier alpha value is -8.37. The highest BCUT2D eigenvalue weighted by Crippen LogP contribution is 2.40. The summed E-state index contributed by atoms with van der Waals surface area (Å²) in [4.78, 5) is 0. The summed E-state index contributed by atoms with van der Waals surface area (Å²) >= 11 is 0. The smallest absolute Gasteiger partial charge is 0.101 e. The summed E-state index contributed by atoms with van der Waals surface area (Å²) < 4.78 is 6.69. The van der Waals surface area contributed by atoms with Crippen LogP contribution in [0.1, 0.15) is 16.7 Å². The van der Waals surface area contributed by atoms with Crippen molar-refractivity contribution in [1.82, 2.24) is 13.7 Å². The first kappa shape index (κ1) is 32.1. The van der Waals surface area contributed by atoms with Crippen molar-refractivity contribution >= 4 is 65.4 Å². The van der Waals surface area contributed by atoms with Gasteiger partial charge in [0.05, 0.1) is 73.3 Å². The molecule has 0 radical (unpaired) electrons. The standard InChI is InChI=1S/C51H28N6/c52-29-32-17-21-49-41(25-32)40-12-4-8-16-48(40)57(49)45-13-5-1-9-37(45)34-19-23-44(35(27-34)31-54)56-50-22-18-33(30-53)26-42(50)43-28-36(20-24-51(43)56)55-46-14-6-2-10-38(46)39-11-3-7-15-47(39)55/h1-28H. The zero-order valence-electron chi connectivity index (χ0n) is 30.3. The summed E-state index contributed by atoms with van der Waals surface area (Å²) in [6.45, 7) is 0. The third kappa shape index (κ3) is 4.68. The first-order valence-corrected chi connectivity index (χ1v) is 18.7. The van der Waals surface area contributed by atoms with Crippen molar-refractivity contribution in [1.29, 1.82) is 15.8 Å². The lowest BCUT2D eigenvalue weighted by Crippen LogP contribution is -2.00. The molecule has 0 atom stereocenters. The van der Waals surface area contributed by atoms with E-state index in [-0.39, 0.29) is 0 Å². The Labute approximate surface area is 326 Å². The maximum absolute atomic E-state index is 10.8. The molecule has 3 aromatic heterocycles. The van der Waals surface area contributed by atoms with Crippen LogP contribution in [0.25, 0.3) is 93.6 Å². The Kier molecular flexibility index (Phi) is 6.95. The highest BCUT2D eigenvalue weighted by molar-refractivity contribution is 6.13. The minimum atomic E-state index is 0.526. The van der Waals surface area contributed by atoms with Gasteiger partial charge in [0.15, 0.2) is 0 Å². The van der Waals surface area contributed by atoms with Gasteiger partial charge in [-0.1, -0.05) is 78.9 Å². The van der Waals surface area contributed by atoms with E-state index in [0.717, 1.165) is 82.8 Å². The number of aromatic nitrogens is 3. The molecule has 0 aliphatic heterocycles. The van der Waals surface area contributed by atoms with Crippen LogP contribution in [0.2, 0.25) is 0 Å². The topological polar surface area (TPSA) is 86.2 Å². The van der Waals surface area contributed by atoms with Crippen molar-refractivity contribution in [2.24, 2.45) is 0 Å². The first-order chi connectivity index (χ1) is 28.1. The van der Waals surface area contributed by atoms with Gasteiger partial charge >= 0.3 is 0 Å². The molecule has 8 aromatic carbocycles. The van der Waals surface area contributed by atoms with E-state index in [2.05, 4.69) is 129 Å². The summed E-state index contributed by atoms with van der Waals surface area (Å²) in [7, 11) is 0. The average Bonchev–Trinajstić information content (AvgIpc) is 3.91. The largest absolute Gasteiger partial charge is 0.309 e. The number of para-hydroxylation sites is 4. The van der Waals surface area contributed by atoms with E-state index in [0.29, 0.717) is 16.7 Å². The molecule has 0 spiro atoms. The number of fused-ring (bicyclic) bond motifs is 9. The third-order valence-corrected chi connectivity index (χ3v) is 11.3. The summed E-state index contributed by atoms with van der Waals surface area (Å²) in [5, 5.41) is 36.9. The second-order valence-electron chi connectivity index (χ2n) is 14.3. The van der Waals surface area contributed by atoms with Crippen molar-refractivity contribution in [3.8, 4) is 46.4 Å². The van der Waals surface area contributed by atoms with Crippen molar-refractivity contribution in [2.45, 2.75) is 0 Å². The van der Waals surface area contributed by atoms with Crippen molar-refractivity contribution in [2.75, 3.05) is 0 Å². The molecule has 262 valence electrons. The maximum atomic E-state index is 10.8. The van der Waals surface area contributed by atoms with Crippen LogP contribution in [0.15, 0.2) is 170 Å². The van der Waals surface area contributed by atoms with Crippen molar-refractivity contribution in [3.63, 3.8) is 0 Å². The molecule has 0 aliphatic rings. The van der Waals surface area contributed by atoms with Gasteiger partial charge in [0.25, 0.3) is 0 Å². The molecule has 0 N–H and O–H groups in total. The van der Waals surface area contributed by atoms with Gasteiger partial charge in [0, 0.05) is 43.6 Å². The Morgan fingerprint density at radius 1 is 0.333 bits per heavy atom. The van der Waals surface area contributed by atoms with Gasteiger partial charge in [-0.25, -0.2) is 0 Å². The van der Waals surface area contributed by atoms with Crippen molar-refractivity contribution < 1.29 is 0 Å². The summed E-state index contributed by atoms with van der Waals surface area (Å²) in [5.41, 5.74) is 12.5. The van der Waals surface area contributed by atoms with Crippen LogP contribution >= 0.6 is 0 Å². The molecule has 0 fully saturated rings. The van der Waals surface area contributed by atoms with E-state index < -0.39 is 0 Å². The van der Waals surface area contributed by atoms with Crippen LogP contribution in [0.3, 0.4) is 0 Å². The number of nitrogens with zero attached hydrogens (tertiary/aromatic N) is 6. The van der Waals surface area contributed by atoms with E-state index in [1.54, 1.807) is 0 Å². The van der Waals surface area contributed by atoms with Crippen molar-refractivity contribution in [3.05, 3.63) is 187 Å². The Morgan fingerprint density at radius 2 is 0.807 bits per heavy atom. The lowest BCUT2D eigenvalue weighted by Gasteiger charge is -2.16. The molecule has 0 unspecified atom stereocenters. The molecule has 6 heteroatoms. The number of benzene rings is 8. The van der Waals surface area contributed by atoms with Gasteiger partial charge in [-0.2, -0.15) is 15.8 Å². The molecule has 3 heterocycles. The highest BCUT2D eigenvalue weighted by Gasteiger charge is 2.21. The van der Waals surface area contributed by atoms with E-state index in [4.69, 9.17) is 0 Å². The molecule has 57 heavy (non-hydrogen) atoms. The molecule has 0 saturated heterocycles. The predicted octanol–water partition coefficient (Wildman–Crippen LogP) is 12.3. The average molecular weight is 725 g/mol. The lowest BCUT2D eigenvalue weighted by molar-refractivity contribution is 1.15. The Morgan fingerprint density at radius 3 is 1.42 bits per heavy atom. The Bertz CT molecular complexity index is 3580. The Balaban J connectivity index is 1.11. The monoisotopic (exact) mass is 724 g/mol. The van der Waals surface area contributed by atoms with Crippen LogP contribution < -0.4 is 0 Å². The molecule has 0 aliphatic carbocycles. The number of hydrogen-bond acceptors (Lipinski definition) is 3. The molecule has 11 rings (SSSR count). The molecule has 11 aromatic rings. The highest BCUT2D eigenvalue weighted by atomic mass is 15.0. The van der Waals surface area contributed by atoms with Gasteiger partial charge in [0.2, 0.25) is 0 Å². The molecular weight excluding hydrogens is 697 g/mol. The van der Waals surface area contributed by atoms with Crippen LogP contribution in [-0.2, 0) is 0 Å². The second-order valence-corrected chi connectivity index (χ2v) is 14.3. The summed E-state index contributed by atoms with van der Waals surface area (Å²) in [5.74, 6) is 0. The molecule has 0 amide bonds. The molecular formula is C51H28N6. The van der Waals surface area contributed by atoms with Crippen LogP contribution in [-0.4, -0.2) is 13.7 Å². The lowest BCUT2D eigenvalue weighted by atomic mass is 10.00. The zero-order valence-corrected chi connectivity index (χ0v) is 30.3. The normalized spacial score (nSPS) is 11.5. The first-order valence-electron chi connectivity index (χ1n) is 18.7. The van der Waals surface area contributed by atoms with Gasteiger partial charge in [-0.05, 0) is 96.6 Å². The SMILES string of the molecule is N#Cc1ccc2c(c1)c1cc(-n3c4ccccc4c4ccccc43)ccc1n2-c1ccc(-c2ccccc2-n2c3ccccc3c3cc(C#N)ccc32)cc1C#N. The fourth-order valence-corrected chi connectivity index (χ4v) is 8.88. The van der Waals surface area contributed by atoms with Crippen LogP contribution in [0.4, 0.5) is 0 Å². The molecule has 0 saturated carbocycles. The maximum Gasteiger partial charge on any atom is 0.101 e. The van der Waals surface area contributed by atoms with E-state index in [9.17, 15) is 15.8 Å². The summed E-state index contributed by atoms with van der Waals surface area (Å²) in [6.07, 6.45) is 0. The second kappa shape index (κ2) is 12.3. The van der Waals surface area contributed by atoms with Gasteiger partial charge < -0.3 is 13.7 Å². The number of nitriles is 3. The third-order valence-electron chi connectivity index (χ3n) is 11.3. The number of rotatable bonds is 4. The van der Waals surface area contributed by atoms with Crippen LogP contribution in [0.5, 0.6) is 0 Å². The quantitative estimate of drug-likeness (QED) is 0.181. The summed E-state index contributed by atoms with van der Waals surface area (Å²) in [6, 6.07) is 64.8. The predicted molar refractivity (Wildman–Crippen MR) is 229 cm³/mol. The van der Waals surface area contributed by atoms with Gasteiger partial charge in [0.1, 0.15) is 6.07 Å². The number of hydrogen-bond donors (Lipinski definition) is 0. The van der Waals surface area contributed by atoms with E-state index in [1.807, 2.05) is 72.8 Å².